The molecule has 3 aromatic rings. The van der Waals surface area contributed by atoms with Crippen molar-refractivity contribution < 1.29 is 44.0 Å². The number of nitrogens with zero attached hydrogens (tertiary/aromatic N) is 6. The van der Waals surface area contributed by atoms with Crippen molar-refractivity contribution in [3.8, 4) is 0 Å². The van der Waals surface area contributed by atoms with Crippen LogP contribution in [0.15, 0.2) is 37.2 Å². The monoisotopic (exact) mass is 752 g/mol. The molecule has 15 heteroatoms. The number of carbonyl (C=O) groups is 4. The van der Waals surface area contributed by atoms with E-state index >= 15 is 0 Å². The number of Topliss-reactive ketones (excluding diaryl/α,β-unsaturated/α-hetero) is 4. The first-order valence-electron chi connectivity index (χ1n) is 17.6. The summed E-state index contributed by atoms with van der Waals surface area (Å²) in [6.07, 6.45) is 8.36. The Morgan fingerprint density at radius 3 is 1.44 bits per heavy atom. The van der Waals surface area contributed by atoms with Crippen LogP contribution in [0.25, 0.3) is 0 Å². The lowest BCUT2D eigenvalue weighted by molar-refractivity contribution is -0.139. The second kappa shape index (κ2) is 19.4. The van der Waals surface area contributed by atoms with E-state index in [9.17, 15) is 24.3 Å². The number of aliphatic hydroxyl groups is 3. The van der Waals surface area contributed by atoms with Crippen molar-refractivity contribution in [2.75, 3.05) is 19.8 Å². The zero-order chi connectivity index (χ0) is 41.1. The second-order valence-corrected chi connectivity index (χ2v) is 16.4. The van der Waals surface area contributed by atoms with Gasteiger partial charge in [-0.25, -0.2) is 4.98 Å². The van der Waals surface area contributed by atoms with Crippen LogP contribution in [-0.2, 0) is 43.1 Å². The molecule has 0 radical (unpaired) electrons. The third-order valence-corrected chi connectivity index (χ3v) is 7.97. The number of rotatable bonds is 11. The van der Waals surface area contributed by atoms with Crippen LogP contribution in [0, 0.1) is 16.2 Å². The summed E-state index contributed by atoms with van der Waals surface area (Å²) in [5, 5.41) is 26.7. The number of aromatic nitrogens is 6. The van der Waals surface area contributed by atoms with Crippen LogP contribution in [0.3, 0.4) is 0 Å². The minimum atomic E-state index is -1.02. The molecule has 0 bridgehead atoms. The van der Waals surface area contributed by atoms with Gasteiger partial charge in [0.2, 0.25) is 5.78 Å². The smallest absolute Gasteiger partial charge is 0.208 e. The largest absolute Gasteiger partial charge is 0.393 e. The van der Waals surface area contributed by atoms with E-state index in [2.05, 4.69) is 29.9 Å². The van der Waals surface area contributed by atoms with E-state index < -0.39 is 41.7 Å². The van der Waals surface area contributed by atoms with Crippen LogP contribution in [0.1, 0.15) is 127 Å². The van der Waals surface area contributed by atoms with Gasteiger partial charge in [0.1, 0.15) is 41.9 Å². The third-order valence-electron chi connectivity index (χ3n) is 7.97. The fourth-order valence-electron chi connectivity index (χ4n) is 4.14. The van der Waals surface area contributed by atoms with Gasteiger partial charge in [0.25, 0.3) is 0 Å². The summed E-state index contributed by atoms with van der Waals surface area (Å²) < 4.78 is 11.2. The number of hydrogen-bond acceptors (Lipinski definition) is 15. The Morgan fingerprint density at radius 1 is 0.685 bits per heavy atom. The molecule has 0 unspecified atom stereocenters. The normalized spacial score (nSPS) is 15.9. The van der Waals surface area contributed by atoms with Crippen LogP contribution < -0.4 is 0 Å². The van der Waals surface area contributed by atoms with Gasteiger partial charge >= 0.3 is 0 Å². The van der Waals surface area contributed by atoms with Gasteiger partial charge in [-0.05, 0) is 13.8 Å². The number of ether oxygens (including phenoxy) is 2. The average Bonchev–Trinajstić information content (AvgIpc) is 3.47. The number of carbonyl (C=O) groups excluding carboxylic acids is 4. The molecule has 54 heavy (non-hydrogen) atoms. The van der Waals surface area contributed by atoms with Gasteiger partial charge in [0.15, 0.2) is 5.79 Å². The van der Waals surface area contributed by atoms with Crippen LogP contribution in [-0.4, -0.2) is 94.0 Å². The van der Waals surface area contributed by atoms with Crippen molar-refractivity contribution in [2.45, 2.75) is 113 Å². The molecular weight excluding hydrogens is 696 g/mol. The van der Waals surface area contributed by atoms with E-state index in [-0.39, 0.29) is 47.4 Å². The molecule has 3 N–H and O–H groups in total. The SMILES string of the molecule is CC(C)(C)C(=O)Cc1cnc(C(=O)CO)cn1.CC(C)(C)C(=O)Cc1cnc([C@H](O)CO)cn1.CC1(C)OC[C@H](c2cnc(CC(=O)C(C)(C)C)cn2)O1. The lowest BCUT2D eigenvalue weighted by Gasteiger charge is -2.17. The summed E-state index contributed by atoms with van der Waals surface area (Å²) in [7, 11) is 0. The van der Waals surface area contributed by atoms with E-state index in [0.717, 1.165) is 5.69 Å². The van der Waals surface area contributed by atoms with E-state index in [1.165, 1.54) is 24.8 Å². The molecule has 2 atom stereocenters. The Morgan fingerprint density at radius 2 is 1.13 bits per heavy atom. The molecule has 1 aliphatic rings. The summed E-state index contributed by atoms with van der Waals surface area (Å²) in [5.41, 5.74) is 1.77. The molecule has 0 aromatic carbocycles. The van der Waals surface area contributed by atoms with Crippen LogP contribution in [0.2, 0.25) is 0 Å². The Kier molecular flexibility index (Phi) is 16.4. The van der Waals surface area contributed by atoms with Gasteiger partial charge in [-0.1, -0.05) is 62.3 Å². The first-order chi connectivity index (χ1) is 24.9. The summed E-state index contributed by atoms with van der Waals surface area (Å²) >= 11 is 0. The zero-order valence-electron chi connectivity index (χ0n) is 33.3. The zero-order valence-corrected chi connectivity index (χ0v) is 33.3. The standard InChI is InChI=1S/C15H22N2O3.C12H18N2O3.C12H16N2O3/c1-14(2,3)13(18)6-10-7-17-11(8-16-10)12-9-19-15(4,5)20-12;2*1-12(2,3)11(17)4-8-5-14-9(6-13-8)10(16)7-15/h7-8,12H,6,9H2,1-5H3;5-6,10,15-16H,4,7H2,1-3H3;5-6,15H,4,7H2,1-3H3/t12-;10-;/m11./s1. The van der Waals surface area contributed by atoms with Gasteiger partial charge < -0.3 is 24.8 Å². The van der Waals surface area contributed by atoms with Crippen molar-refractivity contribution in [3.05, 3.63) is 71.3 Å². The summed E-state index contributed by atoms with van der Waals surface area (Å²) in [5.74, 6) is -0.754. The molecule has 1 aliphatic heterocycles. The first kappa shape index (κ1) is 45.9. The fraction of sp³-hybridized carbons (Fsp3) is 0.590. The van der Waals surface area contributed by atoms with Crippen LogP contribution >= 0.6 is 0 Å². The average molecular weight is 753 g/mol. The number of hydrogen-bond donors (Lipinski definition) is 3. The third kappa shape index (κ3) is 15.2. The predicted molar refractivity (Wildman–Crippen MR) is 198 cm³/mol. The van der Waals surface area contributed by atoms with Gasteiger partial charge in [-0.2, -0.15) is 0 Å². The van der Waals surface area contributed by atoms with Crippen molar-refractivity contribution in [1.82, 2.24) is 29.9 Å². The molecule has 0 spiro atoms. The van der Waals surface area contributed by atoms with Crippen molar-refractivity contribution in [2.24, 2.45) is 16.2 Å². The van der Waals surface area contributed by atoms with Crippen LogP contribution in [0.5, 0.6) is 0 Å². The highest BCUT2D eigenvalue weighted by Crippen LogP contribution is 2.31. The molecule has 0 amide bonds. The van der Waals surface area contributed by atoms with Gasteiger partial charge in [0, 0.05) is 34.8 Å². The summed E-state index contributed by atoms with van der Waals surface area (Å²) in [4.78, 5) is 71.0. The molecule has 1 saturated heterocycles. The van der Waals surface area contributed by atoms with Gasteiger partial charge in [-0.15, -0.1) is 0 Å². The Balaban J connectivity index is 0.000000282. The van der Waals surface area contributed by atoms with Gasteiger partial charge in [-0.3, -0.25) is 44.1 Å². The fourth-order valence-corrected chi connectivity index (χ4v) is 4.14. The highest BCUT2D eigenvalue weighted by Gasteiger charge is 2.34. The van der Waals surface area contributed by atoms with Gasteiger partial charge in [0.05, 0.1) is 79.5 Å². The van der Waals surface area contributed by atoms with Crippen molar-refractivity contribution in [1.29, 1.82) is 0 Å². The summed E-state index contributed by atoms with van der Waals surface area (Å²) in [6.45, 7) is 20.0. The Labute approximate surface area is 317 Å². The topological polar surface area (TPSA) is 225 Å². The number of aliphatic hydroxyl groups excluding tert-OH is 3. The molecule has 296 valence electrons. The molecule has 3 aromatic heterocycles. The minimum absolute atomic E-state index is 0.0630. The minimum Gasteiger partial charge on any atom is -0.393 e. The highest BCUT2D eigenvalue weighted by molar-refractivity contribution is 5.94. The lowest BCUT2D eigenvalue weighted by Crippen LogP contribution is -2.22. The molecule has 4 heterocycles. The predicted octanol–water partition coefficient (Wildman–Crippen LogP) is 3.93. The van der Waals surface area contributed by atoms with E-state index in [0.29, 0.717) is 35.8 Å². The van der Waals surface area contributed by atoms with Crippen molar-refractivity contribution >= 4 is 23.1 Å². The first-order valence-corrected chi connectivity index (χ1v) is 17.6. The highest BCUT2D eigenvalue weighted by atomic mass is 16.7. The molecule has 4 rings (SSSR count). The van der Waals surface area contributed by atoms with E-state index in [1.807, 2.05) is 76.2 Å². The van der Waals surface area contributed by atoms with E-state index in [4.69, 9.17) is 19.7 Å². The maximum Gasteiger partial charge on any atom is 0.208 e. The summed E-state index contributed by atoms with van der Waals surface area (Å²) in [6, 6.07) is 0. The van der Waals surface area contributed by atoms with Crippen LogP contribution in [0.4, 0.5) is 0 Å². The molecular formula is C39H56N6O9. The molecule has 0 aliphatic carbocycles. The second-order valence-electron chi connectivity index (χ2n) is 16.4. The quantitative estimate of drug-likeness (QED) is 0.236. The molecule has 1 fully saturated rings. The Hall–Kier alpha value is -4.28. The molecule has 15 nitrogen and oxygen atoms in total. The lowest BCUT2D eigenvalue weighted by atomic mass is 9.88. The maximum absolute atomic E-state index is 11.9. The maximum atomic E-state index is 11.9. The van der Waals surface area contributed by atoms with E-state index in [1.54, 1.807) is 12.4 Å². The number of ketones is 4. The molecule has 0 saturated carbocycles. The Bertz CT molecular complexity index is 1690. The van der Waals surface area contributed by atoms with Crippen molar-refractivity contribution in [3.63, 3.8) is 0 Å².